The second kappa shape index (κ2) is 6.01. The minimum absolute atomic E-state index is 0.108. The lowest BCUT2D eigenvalue weighted by atomic mass is 10.0. The van der Waals surface area contributed by atoms with Crippen molar-refractivity contribution in [2.24, 2.45) is 0 Å². The van der Waals surface area contributed by atoms with Crippen LogP contribution in [0, 0.1) is 13.8 Å². The molecule has 30 heavy (non-hydrogen) atoms. The van der Waals surface area contributed by atoms with Crippen LogP contribution in [0.15, 0.2) is 56.9 Å². The summed E-state index contributed by atoms with van der Waals surface area (Å²) in [6.07, 6.45) is 0. The Kier molecular flexibility index (Phi) is 3.71. The fraction of sp³-hybridized carbons (Fsp3) is 0.0909. The molecular weight excluding hydrogens is 404 g/mol. The number of hydrogen-bond acceptors (Lipinski definition) is 4. The topological polar surface area (TPSA) is 120 Å². The van der Waals surface area contributed by atoms with E-state index in [-0.39, 0.29) is 27.3 Å². The van der Waals surface area contributed by atoms with Crippen LogP contribution in [0.5, 0.6) is 0 Å². The Labute approximate surface area is 169 Å². The van der Waals surface area contributed by atoms with Gasteiger partial charge in [0.2, 0.25) is 0 Å². The molecule has 3 N–H and O–H groups in total. The predicted octanol–water partition coefficient (Wildman–Crippen LogP) is 3.54. The average Bonchev–Trinajstić information content (AvgIpc) is 2.68. The molecule has 5 aromatic rings. The summed E-state index contributed by atoms with van der Waals surface area (Å²) in [5.41, 5.74) is 2.31. The Bertz CT molecular complexity index is 1780. The van der Waals surface area contributed by atoms with Gasteiger partial charge >= 0.3 is 0 Å². The Morgan fingerprint density at radius 1 is 0.733 bits per heavy atom. The van der Waals surface area contributed by atoms with Gasteiger partial charge in [-0.25, -0.2) is 0 Å². The molecule has 0 aliphatic heterocycles. The Morgan fingerprint density at radius 2 is 1.30 bits per heavy atom. The second-order valence-corrected chi connectivity index (χ2v) is 8.87. The van der Waals surface area contributed by atoms with Gasteiger partial charge in [0.05, 0.1) is 21.9 Å². The molecule has 0 bridgehead atoms. The smallest absolute Gasteiger partial charge is 0.295 e. The molecule has 2 aromatic heterocycles. The van der Waals surface area contributed by atoms with Crippen LogP contribution >= 0.6 is 0 Å². The fourth-order valence-electron chi connectivity index (χ4n) is 4.06. The van der Waals surface area contributed by atoms with Crippen molar-refractivity contribution in [2.75, 3.05) is 0 Å². The largest absolute Gasteiger partial charge is 0.354 e. The molecule has 0 radical (unpaired) electrons. The first-order chi connectivity index (χ1) is 14.1. The summed E-state index contributed by atoms with van der Waals surface area (Å²) in [5.74, 6) is 0. The van der Waals surface area contributed by atoms with Crippen LogP contribution in [0.3, 0.4) is 0 Å². The van der Waals surface area contributed by atoms with Crippen LogP contribution < -0.4 is 10.9 Å². The van der Waals surface area contributed by atoms with Gasteiger partial charge in [-0.2, -0.15) is 8.42 Å². The summed E-state index contributed by atoms with van der Waals surface area (Å²) >= 11 is 0. The number of fused-ring (bicyclic) bond motifs is 4. The highest BCUT2D eigenvalue weighted by Gasteiger charge is 2.21. The van der Waals surface area contributed by atoms with Crippen LogP contribution in [0.2, 0.25) is 0 Å². The van der Waals surface area contributed by atoms with Gasteiger partial charge in [0.25, 0.3) is 10.1 Å². The van der Waals surface area contributed by atoms with Crippen molar-refractivity contribution in [2.45, 2.75) is 18.7 Å². The number of pyridine rings is 2. The lowest BCUT2D eigenvalue weighted by Gasteiger charge is -2.10. The molecule has 0 saturated carbocycles. The minimum atomic E-state index is -4.61. The lowest BCUT2D eigenvalue weighted by Crippen LogP contribution is -2.12. The number of H-pyrrole nitrogens is 2. The number of hydrogen-bond donors (Lipinski definition) is 3. The molecule has 5 rings (SSSR count). The molecule has 8 heteroatoms. The highest BCUT2D eigenvalue weighted by Crippen LogP contribution is 2.27. The molecule has 0 saturated heterocycles. The van der Waals surface area contributed by atoms with Crippen LogP contribution in [0.4, 0.5) is 0 Å². The van der Waals surface area contributed by atoms with E-state index in [2.05, 4.69) is 9.97 Å². The third-order valence-electron chi connectivity index (χ3n) is 5.44. The number of nitrogens with one attached hydrogen (secondary N) is 2. The molecule has 0 spiro atoms. The normalized spacial score (nSPS) is 12.4. The van der Waals surface area contributed by atoms with E-state index in [1.165, 1.54) is 13.0 Å². The quantitative estimate of drug-likeness (QED) is 0.283. The number of aromatic amines is 2. The molecule has 3 aromatic carbocycles. The molecule has 0 atom stereocenters. The second-order valence-electron chi connectivity index (χ2n) is 7.51. The molecule has 0 aliphatic rings. The van der Waals surface area contributed by atoms with Crippen LogP contribution in [-0.4, -0.2) is 22.9 Å². The molecular formula is C22H16N2O5S. The van der Waals surface area contributed by atoms with Crippen molar-refractivity contribution in [3.05, 3.63) is 74.0 Å². The maximum absolute atomic E-state index is 13.3. The van der Waals surface area contributed by atoms with Gasteiger partial charge in [0.1, 0.15) is 4.90 Å². The highest BCUT2D eigenvalue weighted by molar-refractivity contribution is 7.86. The van der Waals surface area contributed by atoms with Gasteiger partial charge in [-0.3, -0.25) is 14.1 Å². The number of rotatable bonds is 1. The molecule has 150 valence electrons. The zero-order valence-electron chi connectivity index (χ0n) is 16.0. The molecule has 0 aliphatic carbocycles. The Balaban J connectivity index is 2.01. The Morgan fingerprint density at radius 3 is 1.97 bits per heavy atom. The van der Waals surface area contributed by atoms with E-state index >= 15 is 0 Å². The summed E-state index contributed by atoms with van der Waals surface area (Å²) in [4.78, 5) is 32.1. The highest BCUT2D eigenvalue weighted by atomic mass is 32.2. The molecule has 7 nitrogen and oxygen atoms in total. The number of aromatic nitrogens is 2. The van der Waals surface area contributed by atoms with Gasteiger partial charge in [-0.05, 0) is 49.7 Å². The fourth-order valence-corrected chi connectivity index (χ4v) is 4.99. The van der Waals surface area contributed by atoms with Crippen molar-refractivity contribution in [3.8, 4) is 0 Å². The molecule has 0 unspecified atom stereocenters. The van der Waals surface area contributed by atoms with Crippen LogP contribution in [-0.2, 0) is 10.1 Å². The summed E-state index contributed by atoms with van der Waals surface area (Å²) in [7, 11) is -4.61. The van der Waals surface area contributed by atoms with Gasteiger partial charge in [-0.15, -0.1) is 0 Å². The van der Waals surface area contributed by atoms with E-state index < -0.39 is 20.4 Å². The standard InChI is InChI=1S/C22H16N2O5S/c1-10-3-5-15-12(7-10)20(25)13-8-18-14(9-17(13)23-15)21(26)19-16(24-18)6-4-11(2)22(19)30(27,28)29/h3-9H,1-2H3,(H,23,25)(H,24,26)(H,27,28,29). The van der Waals surface area contributed by atoms with Crippen molar-refractivity contribution in [1.82, 2.24) is 9.97 Å². The van der Waals surface area contributed by atoms with E-state index in [9.17, 15) is 22.6 Å². The zero-order chi connectivity index (χ0) is 21.4. The van der Waals surface area contributed by atoms with Gasteiger partial charge in [-0.1, -0.05) is 17.7 Å². The summed E-state index contributed by atoms with van der Waals surface area (Å²) in [6, 6.07) is 11.7. The van der Waals surface area contributed by atoms with Crippen molar-refractivity contribution >= 4 is 53.7 Å². The maximum Gasteiger partial charge on any atom is 0.295 e. The van der Waals surface area contributed by atoms with E-state index in [0.717, 1.165) is 5.56 Å². The zero-order valence-corrected chi connectivity index (χ0v) is 16.8. The minimum Gasteiger partial charge on any atom is -0.354 e. The molecule has 0 amide bonds. The summed E-state index contributed by atoms with van der Waals surface area (Å²) in [5, 5.41) is 1.07. The van der Waals surface area contributed by atoms with Gasteiger partial charge < -0.3 is 9.97 Å². The SMILES string of the molecule is Cc1ccc2[nH]c3cc4c(=O)c5c(S(=O)(=O)O)c(C)ccc5[nH]c4cc3c(=O)c2c1. The monoisotopic (exact) mass is 420 g/mol. The van der Waals surface area contributed by atoms with Gasteiger partial charge in [0, 0.05) is 21.7 Å². The third-order valence-corrected chi connectivity index (χ3v) is 6.49. The predicted molar refractivity (Wildman–Crippen MR) is 117 cm³/mol. The molecule has 0 fully saturated rings. The summed E-state index contributed by atoms with van der Waals surface area (Å²) in [6.45, 7) is 3.42. The van der Waals surface area contributed by atoms with E-state index in [4.69, 9.17) is 0 Å². The number of aryl methyl sites for hydroxylation is 2. The Hall–Kier alpha value is -3.49. The molecule has 2 heterocycles. The van der Waals surface area contributed by atoms with E-state index in [1.807, 2.05) is 19.1 Å². The van der Waals surface area contributed by atoms with E-state index in [1.54, 1.807) is 24.3 Å². The first-order valence-electron chi connectivity index (χ1n) is 9.18. The van der Waals surface area contributed by atoms with Crippen molar-refractivity contribution < 1.29 is 13.0 Å². The summed E-state index contributed by atoms with van der Waals surface area (Å²) < 4.78 is 33.6. The first-order valence-corrected chi connectivity index (χ1v) is 10.6. The number of benzene rings is 3. The maximum atomic E-state index is 13.3. The van der Waals surface area contributed by atoms with E-state index in [0.29, 0.717) is 27.3 Å². The van der Waals surface area contributed by atoms with Crippen LogP contribution in [0.1, 0.15) is 11.1 Å². The van der Waals surface area contributed by atoms with Crippen molar-refractivity contribution in [1.29, 1.82) is 0 Å². The average molecular weight is 420 g/mol. The lowest BCUT2D eigenvalue weighted by molar-refractivity contribution is 0.483. The van der Waals surface area contributed by atoms with Crippen molar-refractivity contribution in [3.63, 3.8) is 0 Å². The van der Waals surface area contributed by atoms with Gasteiger partial charge in [0.15, 0.2) is 10.9 Å². The third kappa shape index (κ3) is 2.58. The van der Waals surface area contributed by atoms with Crippen LogP contribution in [0.25, 0.3) is 43.6 Å². The first kappa shape index (κ1) is 18.5.